The average molecular weight is 431 g/mol. The van der Waals surface area contributed by atoms with Gasteiger partial charge in [0.25, 0.3) is 17.7 Å². The van der Waals surface area contributed by atoms with Crippen LogP contribution in [0.4, 0.5) is 11.4 Å². The van der Waals surface area contributed by atoms with E-state index >= 15 is 0 Å². The van der Waals surface area contributed by atoms with Crippen LogP contribution in [-0.4, -0.2) is 23.8 Å². The first-order valence-corrected chi connectivity index (χ1v) is 9.46. The maximum absolute atomic E-state index is 12.6. The molecule has 0 bridgehead atoms. The summed E-state index contributed by atoms with van der Waals surface area (Å²) in [6, 6.07) is 12.1. The van der Waals surface area contributed by atoms with Crippen LogP contribution in [0.5, 0.6) is 5.75 Å². The SMILES string of the molecule is CCC(Oc1ccc(C)cc1C)C(=O)Nc1ccc(N2NC(=O)/C(=C\[O-])C2=O)cc1.[Na+]. The van der Waals surface area contributed by atoms with Crippen molar-refractivity contribution in [1.29, 1.82) is 0 Å². The Bertz CT molecular complexity index is 1020. The number of nitrogens with one attached hydrogen (secondary N) is 2. The second kappa shape index (κ2) is 10.5. The number of anilines is 2. The van der Waals surface area contributed by atoms with Gasteiger partial charge in [-0.25, -0.2) is 5.01 Å². The third kappa shape index (κ3) is 5.46. The van der Waals surface area contributed by atoms with Crippen LogP contribution < -0.4 is 55.2 Å². The number of benzene rings is 2. The predicted molar refractivity (Wildman–Crippen MR) is 109 cm³/mol. The summed E-state index contributed by atoms with van der Waals surface area (Å²) in [6.07, 6.45) is 0.0400. The molecule has 3 amide bonds. The van der Waals surface area contributed by atoms with Crippen molar-refractivity contribution in [3.05, 3.63) is 65.4 Å². The molecular weight excluding hydrogens is 409 g/mol. The monoisotopic (exact) mass is 431 g/mol. The van der Waals surface area contributed by atoms with E-state index in [1.807, 2.05) is 39.0 Å². The average Bonchev–Trinajstić information content (AvgIpc) is 3.01. The minimum atomic E-state index is -0.748. The molecule has 9 heteroatoms. The van der Waals surface area contributed by atoms with Crippen LogP contribution in [0, 0.1) is 13.8 Å². The zero-order valence-electron chi connectivity index (χ0n) is 17.9. The summed E-state index contributed by atoms with van der Waals surface area (Å²) in [5.41, 5.74) is 4.79. The van der Waals surface area contributed by atoms with E-state index < -0.39 is 23.5 Å². The number of nitrogens with zero attached hydrogens (tertiary/aromatic N) is 1. The van der Waals surface area contributed by atoms with Gasteiger partial charge in [-0.3, -0.25) is 19.8 Å². The van der Waals surface area contributed by atoms with Crippen molar-refractivity contribution in [3.63, 3.8) is 0 Å². The summed E-state index contributed by atoms with van der Waals surface area (Å²) < 4.78 is 5.89. The van der Waals surface area contributed by atoms with Crippen LogP contribution in [0.1, 0.15) is 24.5 Å². The van der Waals surface area contributed by atoms with Gasteiger partial charge in [-0.1, -0.05) is 24.6 Å². The molecule has 1 aliphatic rings. The number of hydrazine groups is 1. The van der Waals surface area contributed by atoms with Gasteiger partial charge in [-0.15, -0.1) is 6.26 Å². The number of aryl methyl sites for hydroxylation is 2. The Labute approximate surface area is 202 Å². The topological polar surface area (TPSA) is 111 Å². The molecule has 0 saturated carbocycles. The van der Waals surface area contributed by atoms with Crippen molar-refractivity contribution < 1.29 is 53.8 Å². The molecule has 2 aromatic rings. The molecule has 31 heavy (non-hydrogen) atoms. The second-order valence-corrected chi connectivity index (χ2v) is 6.93. The molecule has 2 aromatic carbocycles. The van der Waals surface area contributed by atoms with E-state index in [0.29, 0.717) is 23.5 Å². The first-order chi connectivity index (χ1) is 14.3. The van der Waals surface area contributed by atoms with Crippen LogP contribution >= 0.6 is 0 Å². The molecule has 1 saturated heterocycles. The first-order valence-electron chi connectivity index (χ1n) is 9.46. The van der Waals surface area contributed by atoms with Crippen LogP contribution in [0.25, 0.3) is 0 Å². The number of carbonyl (C=O) groups is 3. The zero-order valence-corrected chi connectivity index (χ0v) is 19.9. The molecule has 0 spiro atoms. The van der Waals surface area contributed by atoms with E-state index in [2.05, 4.69) is 10.7 Å². The van der Waals surface area contributed by atoms with Gasteiger partial charge >= 0.3 is 29.6 Å². The van der Waals surface area contributed by atoms with Crippen LogP contribution in [0.2, 0.25) is 0 Å². The quantitative estimate of drug-likeness (QED) is 0.256. The maximum Gasteiger partial charge on any atom is 1.00 e. The Hall–Kier alpha value is -2.81. The number of carbonyl (C=O) groups excluding carboxylic acids is 3. The number of amides is 3. The van der Waals surface area contributed by atoms with Crippen molar-refractivity contribution in [2.75, 3.05) is 10.3 Å². The molecule has 0 radical (unpaired) electrons. The smallest absolute Gasteiger partial charge is 0.877 e. The molecule has 1 heterocycles. The Morgan fingerprint density at radius 1 is 1.19 bits per heavy atom. The minimum absolute atomic E-state index is 0. The van der Waals surface area contributed by atoms with Crippen molar-refractivity contribution in [1.82, 2.24) is 5.43 Å². The van der Waals surface area contributed by atoms with E-state index in [-0.39, 0.29) is 41.7 Å². The zero-order chi connectivity index (χ0) is 21.8. The van der Waals surface area contributed by atoms with Crippen molar-refractivity contribution >= 4 is 29.1 Å². The van der Waals surface area contributed by atoms with Gasteiger partial charge in [0.05, 0.1) is 11.3 Å². The standard InChI is InChI=1S/C22H23N3O5.Na/c1-4-18(30-19-10-5-13(2)11-14(19)3)21(28)23-15-6-8-16(9-7-15)25-22(29)17(12-26)20(27)24-25;/h5-12,18,26H,4H2,1-3H3,(H,23,28)(H,24,27);/q;+1/p-1/b17-12+;. The van der Waals surface area contributed by atoms with Crippen molar-refractivity contribution in [3.8, 4) is 5.75 Å². The third-order valence-electron chi connectivity index (χ3n) is 4.67. The van der Waals surface area contributed by atoms with Gasteiger partial charge < -0.3 is 15.2 Å². The molecule has 3 rings (SSSR count). The molecule has 8 nitrogen and oxygen atoms in total. The summed E-state index contributed by atoms with van der Waals surface area (Å²) in [4.78, 5) is 36.3. The molecular formula is C22H22N3NaO5. The van der Waals surface area contributed by atoms with E-state index in [1.165, 1.54) is 0 Å². The molecule has 1 unspecified atom stereocenters. The van der Waals surface area contributed by atoms with Gasteiger partial charge in [0.15, 0.2) is 6.10 Å². The fourth-order valence-corrected chi connectivity index (χ4v) is 3.04. The minimum Gasteiger partial charge on any atom is -0.877 e. The molecule has 156 valence electrons. The number of rotatable bonds is 6. The Kier molecular flexibility index (Phi) is 8.27. The van der Waals surface area contributed by atoms with Gasteiger partial charge in [0, 0.05) is 5.69 Å². The van der Waals surface area contributed by atoms with Gasteiger partial charge in [-0.05, 0) is 56.2 Å². The van der Waals surface area contributed by atoms with Crippen molar-refractivity contribution in [2.24, 2.45) is 0 Å². The largest absolute Gasteiger partial charge is 1.00 e. The summed E-state index contributed by atoms with van der Waals surface area (Å²) in [7, 11) is 0. The predicted octanol–water partition coefficient (Wildman–Crippen LogP) is -1.27. The van der Waals surface area contributed by atoms with Gasteiger partial charge in [0.2, 0.25) is 0 Å². The molecule has 0 aromatic heterocycles. The van der Waals surface area contributed by atoms with E-state index in [1.54, 1.807) is 24.3 Å². The number of hydrogen-bond acceptors (Lipinski definition) is 5. The van der Waals surface area contributed by atoms with Gasteiger partial charge in [0.1, 0.15) is 5.75 Å². The molecule has 2 N–H and O–H groups in total. The van der Waals surface area contributed by atoms with Crippen LogP contribution in [0.15, 0.2) is 54.3 Å². The normalized spacial score (nSPS) is 15.3. The number of ether oxygens (including phenoxy) is 1. The second-order valence-electron chi connectivity index (χ2n) is 6.93. The third-order valence-corrected chi connectivity index (χ3v) is 4.67. The summed E-state index contributed by atoms with van der Waals surface area (Å²) in [6.45, 7) is 5.78. The molecule has 1 aliphatic heterocycles. The Morgan fingerprint density at radius 2 is 1.87 bits per heavy atom. The fraction of sp³-hybridized carbons (Fsp3) is 0.227. The molecule has 0 aliphatic carbocycles. The van der Waals surface area contributed by atoms with E-state index in [0.717, 1.165) is 16.1 Å². The first kappa shape index (κ1) is 24.5. The summed E-state index contributed by atoms with van der Waals surface area (Å²) >= 11 is 0. The number of hydrogen-bond donors (Lipinski definition) is 2. The van der Waals surface area contributed by atoms with E-state index in [4.69, 9.17) is 4.74 Å². The fourth-order valence-electron chi connectivity index (χ4n) is 3.04. The summed E-state index contributed by atoms with van der Waals surface area (Å²) in [5.74, 6) is -1.11. The van der Waals surface area contributed by atoms with Crippen LogP contribution in [-0.2, 0) is 14.4 Å². The maximum atomic E-state index is 12.6. The van der Waals surface area contributed by atoms with Crippen LogP contribution in [0.3, 0.4) is 0 Å². The summed E-state index contributed by atoms with van der Waals surface area (Å²) in [5, 5.41) is 14.6. The van der Waals surface area contributed by atoms with Crippen molar-refractivity contribution in [2.45, 2.75) is 33.3 Å². The molecule has 1 atom stereocenters. The van der Waals surface area contributed by atoms with E-state index in [9.17, 15) is 19.5 Å². The molecule has 1 fully saturated rings. The Balaban J connectivity index is 0.00000341. The van der Waals surface area contributed by atoms with Gasteiger partial charge in [-0.2, -0.15) is 0 Å². The Morgan fingerprint density at radius 3 is 2.42 bits per heavy atom.